The maximum atomic E-state index is 13.1. The third-order valence-corrected chi connectivity index (χ3v) is 4.16. The number of piperazine rings is 1. The Bertz CT molecular complexity index is 775. The summed E-state index contributed by atoms with van der Waals surface area (Å²) in [5, 5.41) is 9.18. The Balaban J connectivity index is 1.66. The summed E-state index contributed by atoms with van der Waals surface area (Å²) in [4.78, 5) is 18.9. The predicted molar refractivity (Wildman–Crippen MR) is 85.0 cm³/mol. The molecule has 0 unspecified atom stereocenters. The van der Waals surface area contributed by atoms with Crippen LogP contribution in [0, 0.1) is 17.1 Å². The van der Waals surface area contributed by atoms with Gasteiger partial charge in [0.15, 0.2) is 0 Å². The third-order valence-electron chi connectivity index (χ3n) is 3.86. The first-order valence-electron chi connectivity index (χ1n) is 7.16. The van der Waals surface area contributed by atoms with Crippen LogP contribution in [0.15, 0.2) is 30.5 Å². The molecule has 0 saturated carbocycles. The Morgan fingerprint density at radius 3 is 2.61 bits per heavy atom. The van der Waals surface area contributed by atoms with Gasteiger partial charge < -0.3 is 14.8 Å². The SMILES string of the molecule is N#Cc1c[nH]c(C(=O)N2CCN(c3ccc(F)cc3Cl)CC2)c1. The average molecular weight is 333 g/mol. The number of hydrogen-bond donors (Lipinski definition) is 1. The molecule has 118 valence electrons. The van der Waals surface area contributed by atoms with E-state index < -0.39 is 0 Å². The van der Waals surface area contributed by atoms with E-state index in [-0.39, 0.29) is 11.7 Å². The van der Waals surface area contributed by atoms with Crippen molar-refractivity contribution in [3.63, 3.8) is 0 Å². The van der Waals surface area contributed by atoms with Crippen LogP contribution >= 0.6 is 11.6 Å². The first kappa shape index (κ1) is 15.4. The fourth-order valence-corrected chi connectivity index (χ4v) is 2.93. The Kier molecular flexibility index (Phi) is 4.22. The summed E-state index contributed by atoms with van der Waals surface area (Å²) in [7, 11) is 0. The number of aromatic amines is 1. The van der Waals surface area contributed by atoms with Gasteiger partial charge in [0.1, 0.15) is 17.6 Å². The molecule has 0 radical (unpaired) electrons. The van der Waals surface area contributed by atoms with Crippen molar-refractivity contribution in [2.24, 2.45) is 0 Å². The molecule has 2 heterocycles. The minimum atomic E-state index is -0.368. The van der Waals surface area contributed by atoms with Gasteiger partial charge in [0.2, 0.25) is 0 Å². The summed E-state index contributed by atoms with van der Waals surface area (Å²) >= 11 is 6.08. The number of anilines is 1. The lowest BCUT2D eigenvalue weighted by atomic mass is 10.2. The van der Waals surface area contributed by atoms with Crippen LogP contribution in [0.5, 0.6) is 0 Å². The minimum absolute atomic E-state index is 0.128. The van der Waals surface area contributed by atoms with E-state index in [2.05, 4.69) is 4.98 Å². The first-order valence-corrected chi connectivity index (χ1v) is 7.54. The molecule has 1 amide bonds. The summed E-state index contributed by atoms with van der Waals surface area (Å²) in [5.74, 6) is -0.496. The van der Waals surface area contributed by atoms with Gasteiger partial charge in [0.05, 0.1) is 16.3 Å². The van der Waals surface area contributed by atoms with Crippen molar-refractivity contribution in [2.75, 3.05) is 31.1 Å². The van der Waals surface area contributed by atoms with Crippen LogP contribution < -0.4 is 4.90 Å². The number of halogens is 2. The number of aromatic nitrogens is 1. The largest absolute Gasteiger partial charge is 0.367 e. The molecule has 1 N–H and O–H groups in total. The monoisotopic (exact) mass is 332 g/mol. The summed E-state index contributed by atoms with van der Waals surface area (Å²) in [6, 6.07) is 7.85. The molecule has 1 aromatic carbocycles. The van der Waals surface area contributed by atoms with Gasteiger partial charge in [-0.2, -0.15) is 5.26 Å². The van der Waals surface area contributed by atoms with E-state index in [1.165, 1.54) is 18.3 Å². The number of nitrogens with zero attached hydrogens (tertiary/aromatic N) is 3. The summed E-state index contributed by atoms with van der Waals surface area (Å²) < 4.78 is 13.1. The predicted octanol–water partition coefficient (Wildman–Crippen LogP) is 2.64. The summed E-state index contributed by atoms with van der Waals surface area (Å²) in [6.07, 6.45) is 1.52. The second-order valence-electron chi connectivity index (χ2n) is 5.29. The molecule has 1 fully saturated rings. The van der Waals surface area contributed by atoms with Crippen molar-refractivity contribution < 1.29 is 9.18 Å². The molecule has 0 aliphatic carbocycles. The first-order chi connectivity index (χ1) is 11.1. The maximum Gasteiger partial charge on any atom is 0.270 e. The second kappa shape index (κ2) is 6.31. The van der Waals surface area contributed by atoms with Crippen LogP contribution in [0.2, 0.25) is 5.02 Å². The Morgan fingerprint density at radius 1 is 1.26 bits per heavy atom. The molecule has 7 heteroatoms. The molecule has 1 saturated heterocycles. The van der Waals surface area contributed by atoms with E-state index in [1.807, 2.05) is 11.0 Å². The lowest BCUT2D eigenvalue weighted by Crippen LogP contribution is -2.49. The minimum Gasteiger partial charge on any atom is -0.367 e. The highest BCUT2D eigenvalue weighted by Gasteiger charge is 2.24. The molecule has 1 aliphatic heterocycles. The molecule has 2 aromatic rings. The van der Waals surface area contributed by atoms with Gasteiger partial charge in [0.25, 0.3) is 5.91 Å². The van der Waals surface area contributed by atoms with Crippen molar-refractivity contribution in [1.29, 1.82) is 5.26 Å². The molecule has 0 spiro atoms. The van der Waals surface area contributed by atoms with E-state index in [0.29, 0.717) is 42.5 Å². The molecule has 1 aromatic heterocycles. The fourth-order valence-electron chi connectivity index (χ4n) is 2.64. The van der Waals surface area contributed by atoms with Crippen molar-refractivity contribution in [3.8, 4) is 6.07 Å². The zero-order valence-corrected chi connectivity index (χ0v) is 13.0. The number of rotatable bonds is 2. The van der Waals surface area contributed by atoms with Crippen molar-refractivity contribution in [2.45, 2.75) is 0 Å². The highest BCUT2D eigenvalue weighted by Crippen LogP contribution is 2.27. The summed E-state index contributed by atoms with van der Waals surface area (Å²) in [5.41, 5.74) is 1.62. The van der Waals surface area contributed by atoms with Gasteiger partial charge in [-0.15, -0.1) is 0 Å². The third kappa shape index (κ3) is 3.15. The van der Waals surface area contributed by atoms with Gasteiger partial charge in [0, 0.05) is 32.4 Å². The molecule has 3 rings (SSSR count). The van der Waals surface area contributed by atoms with Gasteiger partial charge in [-0.25, -0.2) is 4.39 Å². The lowest BCUT2D eigenvalue weighted by Gasteiger charge is -2.36. The standard InChI is InChI=1S/C16H14ClFN4O/c17-13-8-12(18)1-2-15(13)21-3-5-22(6-4-21)16(23)14-7-11(9-19)10-20-14/h1-2,7-8,10,20H,3-6H2. The fraction of sp³-hybridized carbons (Fsp3) is 0.250. The Hall–Kier alpha value is -2.52. The highest BCUT2D eigenvalue weighted by atomic mass is 35.5. The van der Waals surface area contributed by atoms with E-state index in [9.17, 15) is 9.18 Å². The van der Waals surface area contributed by atoms with Crippen LogP contribution in [0.4, 0.5) is 10.1 Å². The van der Waals surface area contributed by atoms with E-state index in [1.54, 1.807) is 17.0 Å². The lowest BCUT2D eigenvalue weighted by molar-refractivity contribution is 0.0741. The van der Waals surface area contributed by atoms with Crippen LogP contribution in [-0.2, 0) is 0 Å². The molecule has 5 nitrogen and oxygen atoms in total. The number of carbonyl (C=O) groups excluding carboxylic acids is 1. The van der Waals surface area contributed by atoms with Crippen molar-refractivity contribution in [3.05, 3.63) is 52.6 Å². The Morgan fingerprint density at radius 2 is 2.00 bits per heavy atom. The van der Waals surface area contributed by atoms with Crippen LogP contribution in [0.25, 0.3) is 0 Å². The number of carbonyl (C=O) groups is 1. The molecule has 23 heavy (non-hydrogen) atoms. The quantitative estimate of drug-likeness (QED) is 0.919. The Labute approximate surface area is 137 Å². The zero-order chi connectivity index (χ0) is 16.4. The molecule has 0 bridgehead atoms. The second-order valence-corrected chi connectivity index (χ2v) is 5.70. The summed E-state index contributed by atoms with van der Waals surface area (Å²) in [6.45, 7) is 2.30. The molecule has 0 atom stereocenters. The molecule has 1 aliphatic rings. The normalized spacial score (nSPS) is 14.7. The maximum absolute atomic E-state index is 13.1. The highest BCUT2D eigenvalue weighted by molar-refractivity contribution is 6.33. The van der Waals surface area contributed by atoms with Crippen molar-refractivity contribution in [1.82, 2.24) is 9.88 Å². The number of benzene rings is 1. The average Bonchev–Trinajstić information content (AvgIpc) is 3.03. The molecular formula is C16H14ClFN4O. The number of H-pyrrole nitrogens is 1. The van der Waals surface area contributed by atoms with E-state index >= 15 is 0 Å². The number of nitriles is 1. The topological polar surface area (TPSA) is 63.1 Å². The van der Waals surface area contributed by atoms with Crippen LogP contribution in [-0.4, -0.2) is 42.0 Å². The van der Waals surface area contributed by atoms with Crippen molar-refractivity contribution >= 4 is 23.2 Å². The van der Waals surface area contributed by atoms with Crippen LogP contribution in [0.3, 0.4) is 0 Å². The van der Waals surface area contributed by atoms with E-state index in [0.717, 1.165) is 5.69 Å². The van der Waals surface area contributed by atoms with Gasteiger partial charge in [-0.1, -0.05) is 11.6 Å². The number of amides is 1. The molecular weight excluding hydrogens is 319 g/mol. The van der Waals surface area contributed by atoms with E-state index in [4.69, 9.17) is 16.9 Å². The van der Waals surface area contributed by atoms with Gasteiger partial charge >= 0.3 is 0 Å². The van der Waals surface area contributed by atoms with Crippen LogP contribution in [0.1, 0.15) is 16.1 Å². The number of hydrogen-bond acceptors (Lipinski definition) is 3. The zero-order valence-electron chi connectivity index (χ0n) is 12.2. The number of nitrogens with one attached hydrogen (secondary N) is 1. The smallest absolute Gasteiger partial charge is 0.270 e. The van der Waals surface area contributed by atoms with Gasteiger partial charge in [-0.3, -0.25) is 4.79 Å². The van der Waals surface area contributed by atoms with Gasteiger partial charge in [-0.05, 0) is 24.3 Å².